The van der Waals surface area contributed by atoms with Crippen LogP contribution in [-0.4, -0.2) is 22.9 Å². The number of carbonyl (C=O) groups excluding carboxylic acids is 1. The molecule has 116 valence electrons. The van der Waals surface area contributed by atoms with E-state index in [4.69, 9.17) is 16.3 Å². The van der Waals surface area contributed by atoms with Crippen molar-refractivity contribution in [3.05, 3.63) is 70.9 Å². The van der Waals surface area contributed by atoms with Crippen LogP contribution in [0.5, 0.6) is 0 Å². The molecule has 0 bridgehead atoms. The van der Waals surface area contributed by atoms with Gasteiger partial charge in [-0.25, -0.2) is 9.48 Å². The Morgan fingerprint density at radius 3 is 2.52 bits per heavy atom. The molecular formula is C18H15ClN2O2. The van der Waals surface area contributed by atoms with Gasteiger partial charge in [-0.3, -0.25) is 0 Å². The molecule has 0 fully saturated rings. The van der Waals surface area contributed by atoms with Crippen LogP contribution in [0.3, 0.4) is 0 Å². The molecule has 0 radical (unpaired) electrons. The maximum Gasteiger partial charge on any atom is 0.358 e. The first-order valence-electron chi connectivity index (χ1n) is 7.10. The predicted molar refractivity (Wildman–Crippen MR) is 90.1 cm³/mol. The number of hydrogen-bond acceptors (Lipinski definition) is 3. The Balaban J connectivity index is 2.18. The van der Waals surface area contributed by atoms with E-state index in [1.54, 1.807) is 22.9 Å². The van der Waals surface area contributed by atoms with Gasteiger partial charge in [-0.1, -0.05) is 35.4 Å². The lowest BCUT2D eigenvalue weighted by molar-refractivity contribution is 0.0593. The molecule has 0 aliphatic carbocycles. The Bertz CT molecular complexity index is 854. The average Bonchev–Trinajstić information content (AvgIpc) is 3.00. The van der Waals surface area contributed by atoms with Gasteiger partial charge >= 0.3 is 5.97 Å². The zero-order chi connectivity index (χ0) is 16.4. The Morgan fingerprint density at radius 2 is 1.87 bits per heavy atom. The molecule has 4 nitrogen and oxygen atoms in total. The standard InChI is InChI=1S/C18H15ClN2O2/c1-12-4-3-5-13(10-12)17-11-16(18(22)23-2)20-21(17)15-8-6-14(19)7-9-15/h3-11H,1-2H3. The first-order valence-corrected chi connectivity index (χ1v) is 7.47. The van der Waals surface area contributed by atoms with E-state index >= 15 is 0 Å². The molecule has 1 heterocycles. The van der Waals surface area contributed by atoms with Gasteiger partial charge in [0.25, 0.3) is 0 Å². The summed E-state index contributed by atoms with van der Waals surface area (Å²) in [6, 6.07) is 17.0. The maximum atomic E-state index is 11.8. The zero-order valence-corrected chi connectivity index (χ0v) is 13.5. The molecule has 23 heavy (non-hydrogen) atoms. The van der Waals surface area contributed by atoms with Gasteiger partial charge in [-0.15, -0.1) is 0 Å². The molecule has 3 rings (SSSR count). The van der Waals surface area contributed by atoms with E-state index in [0.29, 0.717) is 5.02 Å². The molecule has 0 aliphatic heterocycles. The van der Waals surface area contributed by atoms with E-state index in [2.05, 4.69) is 5.10 Å². The summed E-state index contributed by atoms with van der Waals surface area (Å²) in [7, 11) is 1.34. The molecule has 0 saturated heterocycles. The lowest BCUT2D eigenvalue weighted by atomic mass is 10.1. The van der Waals surface area contributed by atoms with Crippen molar-refractivity contribution in [1.82, 2.24) is 9.78 Å². The summed E-state index contributed by atoms with van der Waals surface area (Å²) in [5, 5.41) is 5.03. The highest BCUT2D eigenvalue weighted by Crippen LogP contribution is 2.26. The van der Waals surface area contributed by atoms with Crippen LogP contribution in [0.4, 0.5) is 0 Å². The molecule has 0 saturated carbocycles. The molecule has 2 aromatic carbocycles. The molecular weight excluding hydrogens is 312 g/mol. The third-order valence-electron chi connectivity index (χ3n) is 3.49. The van der Waals surface area contributed by atoms with Gasteiger partial charge in [-0.2, -0.15) is 5.10 Å². The molecule has 0 aliphatic rings. The van der Waals surface area contributed by atoms with Crippen LogP contribution in [0, 0.1) is 6.92 Å². The number of carbonyl (C=O) groups is 1. The summed E-state index contributed by atoms with van der Waals surface area (Å²) < 4.78 is 6.50. The molecule has 0 atom stereocenters. The summed E-state index contributed by atoms with van der Waals surface area (Å²) in [5.74, 6) is -0.466. The van der Waals surface area contributed by atoms with Gasteiger partial charge < -0.3 is 4.74 Å². The van der Waals surface area contributed by atoms with Crippen molar-refractivity contribution >= 4 is 17.6 Å². The molecule has 0 amide bonds. The van der Waals surface area contributed by atoms with Gasteiger partial charge in [0.15, 0.2) is 5.69 Å². The van der Waals surface area contributed by atoms with Crippen molar-refractivity contribution in [3.63, 3.8) is 0 Å². The van der Waals surface area contributed by atoms with Crippen molar-refractivity contribution in [2.24, 2.45) is 0 Å². The number of aryl methyl sites for hydroxylation is 1. The number of rotatable bonds is 3. The van der Waals surface area contributed by atoms with Gasteiger partial charge in [0, 0.05) is 10.6 Å². The van der Waals surface area contributed by atoms with E-state index in [0.717, 1.165) is 22.5 Å². The number of esters is 1. The van der Waals surface area contributed by atoms with Gasteiger partial charge in [0.2, 0.25) is 0 Å². The second kappa shape index (κ2) is 6.26. The minimum Gasteiger partial charge on any atom is -0.464 e. The molecule has 0 spiro atoms. The number of aromatic nitrogens is 2. The summed E-state index contributed by atoms with van der Waals surface area (Å²) in [5.41, 5.74) is 4.00. The SMILES string of the molecule is COC(=O)c1cc(-c2cccc(C)c2)n(-c2ccc(Cl)cc2)n1. The topological polar surface area (TPSA) is 44.1 Å². The Hall–Kier alpha value is -2.59. The third-order valence-corrected chi connectivity index (χ3v) is 3.74. The minimum atomic E-state index is -0.466. The third kappa shape index (κ3) is 3.12. The highest BCUT2D eigenvalue weighted by molar-refractivity contribution is 6.30. The summed E-state index contributed by atoms with van der Waals surface area (Å²) >= 11 is 5.95. The smallest absolute Gasteiger partial charge is 0.358 e. The van der Waals surface area contributed by atoms with E-state index in [9.17, 15) is 4.79 Å². The zero-order valence-electron chi connectivity index (χ0n) is 12.8. The summed E-state index contributed by atoms with van der Waals surface area (Å²) in [6.07, 6.45) is 0. The Kier molecular flexibility index (Phi) is 4.17. The minimum absolute atomic E-state index is 0.263. The molecule has 1 aromatic heterocycles. The van der Waals surface area contributed by atoms with Crippen molar-refractivity contribution in [1.29, 1.82) is 0 Å². The lowest BCUT2D eigenvalue weighted by Gasteiger charge is -2.08. The van der Waals surface area contributed by atoms with Crippen LogP contribution < -0.4 is 0 Å². The van der Waals surface area contributed by atoms with Crippen LogP contribution in [0.1, 0.15) is 16.1 Å². The quantitative estimate of drug-likeness (QED) is 0.674. The Labute approximate surface area is 139 Å². The van der Waals surface area contributed by atoms with Crippen LogP contribution in [0.2, 0.25) is 5.02 Å². The van der Waals surface area contributed by atoms with Crippen LogP contribution in [0.15, 0.2) is 54.6 Å². The summed E-state index contributed by atoms with van der Waals surface area (Å²) in [6.45, 7) is 2.02. The second-order valence-electron chi connectivity index (χ2n) is 5.16. The van der Waals surface area contributed by atoms with Crippen molar-refractivity contribution in [2.45, 2.75) is 6.92 Å². The van der Waals surface area contributed by atoms with Crippen molar-refractivity contribution in [2.75, 3.05) is 7.11 Å². The van der Waals surface area contributed by atoms with Crippen molar-refractivity contribution in [3.8, 4) is 16.9 Å². The monoisotopic (exact) mass is 326 g/mol. The number of methoxy groups -OCH3 is 1. The van der Waals surface area contributed by atoms with Gasteiger partial charge in [-0.05, 0) is 43.3 Å². The first-order chi connectivity index (χ1) is 11.1. The maximum absolute atomic E-state index is 11.8. The first kappa shape index (κ1) is 15.3. The van der Waals surface area contributed by atoms with Crippen LogP contribution in [-0.2, 0) is 4.74 Å². The largest absolute Gasteiger partial charge is 0.464 e. The number of benzene rings is 2. The normalized spacial score (nSPS) is 10.6. The number of hydrogen-bond donors (Lipinski definition) is 0. The number of halogens is 1. The van der Waals surface area contributed by atoms with E-state index in [-0.39, 0.29) is 5.69 Å². The molecule has 0 unspecified atom stereocenters. The highest BCUT2D eigenvalue weighted by atomic mass is 35.5. The fourth-order valence-electron chi connectivity index (χ4n) is 2.37. The second-order valence-corrected chi connectivity index (χ2v) is 5.60. The summed E-state index contributed by atoms with van der Waals surface area (Å²) in [4.78, 5) is 11.8. The Morgan fingerprint density at radius 1 is 1.13 bits per heavy atom. The van der Waals surface area contributed by atoms with Crippen LogP contribution >= 0.6 is 11.6 Å². The lowest BCUT2D eigenvalue weighted by Crippen LogP contribution is -2.04. The van der Waals surface area contributed by atoms with Crippen LogP contribution in [0.25, 0.3) is 16.9 Å². The van der Waals surface area contributed by atoms with Gasteiger partial charge in [0.1, 0.15) is 0 Å². The fraction of sp³-hybridized carbons (Fsp3) is 0.111. The van der Waals surface area contributed by atoms with Gasteiger partial charge in [0.05, 0.1) is 18.5 Å². The number of ether oxygens (including phenoxy) is 1. The van der Waals surface area contributed by atoms with E-state index in [1.807, 2.05) is 43.3 Å². The van der Waals surface area contributed by atoms with E-state index in [1.165, 1.54) is 7.11 Å². The highest BCUT2D eigenvalue weighted by Gasteiger charge is 2.17. The molecule has 3 aromatic rings. The predicted octanol–water partition coefficient (Wildman–Crippen LogP) is 4.29. The molecule has 5 heteroatoms. The average molecular weight is 327 g/mol. The molecule has 0 N–H and O–H groups in total. The van der Waals surface area contributed by atoms with Crippen molar-refractivity contribution < 1.29 is 9.53 Å². The number of nitrogens with zero attached hydrogens (tertiary/aromatic N) is 2. The van der Waals surface area contributed by atoms with E-state index < -0.39 is 5.97 Å². The fourth-order valence-corrected chi connectivity index (χ4v) is 2.50.